The van der Waals surface area contributed by atoms with Crippen molar-refractivity contribution in [1.29, 1.82) is 0 Å². The Bertz CT molecular complexity index is 357. The van der Waals surface area contributed by atoms with E-state index in [1.165, 1.54) is 6.20 Å². The topological polar surface area (TPSA) is 46.6 Å². The fraction of sp³-hybridized carbons (Fsp3) is 0.733. The van der Waals surface area contributed by atoms with Crippen LogP contribution in [0.2, 0.25) is 0 Å². The number of likely N-dealkylation sites (tertiary alicyclic amines) is 1. The average molecular weight is 267 g/mol. The van der Waals surface area contributed by atoms with Crippen LogP contribution in [0, 0.1) is 5.92 Å². The highest BCUT2D eigenvalue weighted by Gasteiger charge is 2.43. The van der Waals surface area contributed by atoms with E-state index < -0.39 is 17.5 Å². The first kappa shape index (κ1) is 15.7. The summed E-state index contributed by atoms with van der Waals surface area (Å²) in [5.41, 5.74) is -0.558. The summed E-state index contributed by atoms with van der Waals surface area (Å²) in [5, 5.41) is 0. The molecule has 1 saturated heterocycles. The number of ether oxygens (including phenoxy) is 1. The van der Waals surface area contributed by atoms with E-state index in [2.05, 4.69) is 13.5 Å². The highest BCUT2D eigenvalue weighted by atomic mass is 16.6. The Morgan fingerprint density at radius 1 is 1.53 bits per heavy atom. The van der Waals surface area contributed by atoms with Crippen LogP contribution in [0.3, 0.4) is 0 Å². The summed E-state index contributed by atoms with van der Waals surface area (Å²) in [5.74, 6) is -1.26. The van der Waals surface area contributed by atoms with Gasteiger partial charge < -0.3 is 9.64 Å². The van der Waals surface area contributed by atoms with E-state index in [1.54, 1.807) is 4.90 Å². The first-order valence-electron chi connectivity index (χ1n) is 6.97. The fourth-order valence-corrected chi connectivity index (χ4v) is 2.35. The zero-order valence-corrected chi connectivity index (χ0v) is 12.4. The Kier molecular flexibility index (Phi) is 5.15. The second kappa shape index (κ2) is 6.22. The van der Waals surface area contributed by atoms with E-state index in [-0.39, 0.29) is 11.9 Å². The lowest BCUT2D eigenvalue weighted by Gasteiger charge is -2.21. The summed E-state index contributed by atoms with van der Waals surface area (Å²) in [7, 11) is 0. The molecule has 2 unspecified atom stereocenters. The molecule has 0 spiro atoms. The summed E-state index contributed by atoms with van der Waals surface area (Å²) in [6.07, 6.45) is 5.11. The average Bonchev–Trinajstić information content (AvgIpc) is 2.60. The van der Waals surface area contributed by atoms with Gasteiger partial charge in [0.05, 0.1) is 0 Å². The van der Waals surface area contributed by atoms with Gasteiger partial charge in [-0.25, -0.2) is 0 Å². The second-order valence-corrected chi connectivity index (χ2v) is 6.05. The van der Waals surface area contributed by atoms with Crippen molar-refractivity contribution in [1.82, 2.24) is 4.90 Å². The summed E-state index contributed by atoms with van der Waals surface area (Å²) >= 11 is 0. The molecule has 4 nitrogen and oxygen atoms in total. The first-order valence-corrected chi connectivity index (χ1v) is 6.97. The molecule has 0 aromatic rings. The normalized spacial score (nSPS) is 23.6. The lowest BCUT2D eigenvalue weighted by molar-refractivity contribution is -0.162. The molecule has 1 aliphatic heterocycles. The minimum atomic E-state index is -0.668. The molecule has 4 heteroatoms. The Balaban J connectivity index is 2.73. The molecule has 1 fully saturated rings. The molecular weight excluding hydrogens is 242 g/mol. The van der Waals surface area contributed by atoms with E-state index in [9.17, 15) is 9.59 Å². The number of nitrogens with zero attached hydrogens (tertiary/aromatic N) is 1. The van der Waals surface area contributed by atoms with Crippen molar-refractivity contribution >= 4 is 11.9 Å². The predicted octanol–water partition coefficient (Wildman–Crippen LogP) is 2.88. The van der Waals surface area contributed by atoms with Crippen molar-refractivity contribution in [2.75, 3.05) is 0 Å². The van der Waals surface area contributed by atoms with Crippen molar-refractivity contribution in [3.63, 3.8) is 0 Å². The summed E-state index contributed by atoms with van der Waals surface area (Å²) in [6.45, 7) is 11.2. The van der Waals surface area contributed by atoms with Gasteiger partial charge in [-0.2, -0.15) is 0 Å². The number of amides is 1. The van der Waals surface area contributed by atoms with Crippen LogP contribution in [-0.4, -0.2) is 28.4 Å². The fourth-order valence-electron chi connectivity index (χ4n) is 2.35. The lowest BCUT2D eigenvalue weighted by Crippen LogP contribution is -2.33. The Morgan fingerprint density at radius 2 is 2.16 bits per heavy atom. The maximum Gasteiger partial charge on any atom is 0.319 e. The monoisotopic (exact) mass is 267 g/mol. The lowest BCUT2D eigenvalue weighted by atomic mass is 10.0. The van der Waals surface area contributed by atoms with Crippen molar-refractivity contribution in [3.05, 3.63) is 12.8 Å². The number of carbonyl (C=O) groups is 2. The number of esters is 1. The van der Waals surface area contributed by atoms with E-state index in [1.807, 2.05) is 20.8 Å². The van der Waals surface area contributed by atoms with Crippen LogP contribution in [0.25, 0.3) is 0 Å². The first-order chi connectivity index (χ1) is 8.80. The third kappa shape index (κ3) is 4.08. The maximum atomic E-state index is 12.2. The summed E-state index contributed by atoms with van der Waals surface area (Å²) in [4.78, 5) is 25.8. The van der Waals surface area contributed by atoms with Crippen molar-refractivity contribution in [3.8, 4) is 0 Å². The zero-order chi connectivity index (χ0) is 14.6. The minimum Gasteiger partial charge on any atom is -0.459 e. The van der Waals surface area contributed by atoms with Crippen molar-refractivity contribution in [2.45, 2.75) is 65.0 Å². The van der Waals surface area contributed by atoms with Crippen molar-refractivity contribution < 1.29 is 14.3 Å². The zero-order valence-electron chi connectivity index (χ0n) is 12.4. The number of hydrogen-bond acceptors (Lipinski definition) is 3. The quantitative estimate of drug-likeness (QED) is 0.568. The molecule has 1 aliphatic rings. The third-order valence-corrected chi connectivity index (χ3v) is 3.23. The van der Waals surface area contributed by atoms with Gasteiger partial charge in [-0.1, -0.05) is 26.3 Å². The maximum absolute atomic E-state index is 12.2. The SMILES string of the molecule is C=CN1C(=O)C(C(=O)OC(C)(C)C)CC1CCCC. The summed E-state index contributed by atoms with van der Waals surface area (Å²) < 4.78 is 5.32. The van der Waals surface area contributed by atoms with Crippen LogP contribution in [0.1, 0.15) is 53.4 Å². The molecule has 0 aliphatic carbocycles. The van der Waals surface area contributed by atoms with Crippen LogP contribution >= 0.6 is 0 Å². The number of carbonyl (C=O) groups excluding carboxylic acids is 2. The van der Waals surface area contributed by atoms with Crippen LogP contribution in [0.4, 0.5) is 0 Å². The highest BCUT2D eigenvalue weighted by molar-refractivity contribution is 6.00. The van der Waals surface area contributed by atoms with Crippen LogP contribution < -0.4 is 0 Å². The molecule has 0 radical (unpaired) electrons. The van der Waals surface area contributed by atoms with Gasteiger partial charge in [0.2, 0.25) is 5.91 Å². The van der Waals surface area contributed by atoms with Crippen LogP contribution in [-0.2, 0) is 14.3 Å². The largest absolute Gasteiger partial charge is 0.459 e. The highest BCUT2D eigenvalue weighted by Crippen LogP contribution is 2.30. The van der Waals surface area contributed by atoms with Gasteiger partial charge in [0.25, 0.3) is 0 Å². The second-order valence-electron chi connectivity index (χ2n) is 6.05. The molecule has 0 saturated carbocycles. The molecule has 19 heavy (non-hydrogen) atoms. The van der Waals surface area contributed by atoms with E-state index in [4.69, 9.17) is 4.74 Å². The molecular formula is C15H25NO3. The van der Waals surface area contributed by atoms with Gasteiger partial charge in [0.15, 0.2) is 0 Å². The van der Waals surface area contributed by atoms with Gasteiger partial charge in [0, 0.05) is 6.04 Å². The van der Waals surface area contributed by atoms with Crippen LogP contribution in [0.15, 0.2) is 12.8 Å². The van der Waals surface area contributed by atoms with Crippen LogP contribution in [0.5, 0.6) is 0 Å². The Morgan fingerprint density at radius 3 is 2.63 bits per heavy atom. The predicted molar refractivity (Wildman–Crippen MR) is 74.3 cm³/mol. The number of rotatable bonds is 5. The molecule has 1 rings (SSSR count). The molecule has 0 aromatic carbocycles. The summed E-state index contributed by atoms with van der Waals surface area (Å²) in [6, 6.07) is 0.0856. The molecule has 1 amide bonds. The molecule has 108 valence electrons. The Labute approximate surface area is 115 Å². The van der Waals surface area contributed by atoms with Crippen molar-refractivity contribution in [2.24, 2.45) is 5.92 Å². The molecule has 0 N–H and O–H groups in total. The third-order valence-electron chi connectivity index (χ3n) is 3.23. The minimum absolute atomic E-state index is 0.0856. The standard InChI is InChI=1S/C15H25NO3/c1-6-8-9-11-10-12(13(17)16(11)7-2)14(18)19-15(3,4)5/h7,11-12H,2,6,8-10H2,1,3-5H3. The molecule has 1 heterocycles. The van der Waals surface area contributed by atoms with Gasteiger partial charge >= 0.3 is 5.97 Å². The molecule has 0 aromatic heterocycles. The van der Waals surface area contributed by atoms with Gasteiger partial charge in [-0.3, -0.25) is 9.59 Å². The van der Waals surface area contributed by atoms with E-state index in [0.717, 1.165) is 19.3 Å². The Hall–Kier alpha value is -1.32. The van der Waals surface area contributed by atoms with Gasteiger partial charge in [-0.15, -0.1) is 0 Å². The number of hydrogen-bond donors (Lipinski definition) is 0. The van der Waals surface area contributed by atoms with E-state index >= 15 is 0 Å². The van der Waals surface area contributed by atoms with E-state index in [0.29, 0.717) is 6.42 Å². The van der Waals surface area contributed by atoms with Gasteiger partial charge in [0.1, 0.15) is 11.5 Å². The number of unbranched alkanes of at least 4 members (excludes halogenated alkanes) is 1. The smallest absolute Gasteiger partial charge is 0.319 e. The molecule has 2 atom stereocenters. The molecule has 0 bridgehead atoms. The van der Waals surface area contributed by atoms with Gasteiger partial charge in [-0.05, 0) is 39.8 Å².